The first kappa shape index (κ1) is 33.0. The zero-order valence-corrected chi connectivity index (χ0v) is 29.5. The molecule has 47 heavy (non-hydrogen) atoms. The van der Waals surface area contributed by atoms with E-state index in [9.17, 15) is 19.2 Å². The molecule has 2 aliphatic rings. The van der Waals surface area contributed by atoms with Crippen LogP contribution in [0.15, 0.2) is 59.5 Å². The highest BCUT2D eigenvalue weighted by Crippen LogP contribution is 2.40. The number of amides is 3. The summed E-state index contributed by atoms with van der Waals surface area (Å²) >= 11 is 4.28. The lowest BCUT2D eigenvalue weighted by atomic mass is 9.95. The number of aryl methyl sites for hydroxylation is 1. The molecule has 3 aromatic carbocycles. The third-order valence-electron chi connectivity index (χ3n) is 7.88. The van der Waals surface area contributed by atoms with E-state index in [0.717, 1.165) is 72.7 Å². The van der Waals surface area contributed by atoms with Gasteiger partial charge in [0, 0.05) is 4.88 Å². The van der Waals surface area contributed by atoms with Gasteiger partial charge in [0.25, 0.3) is 11.1 Å². The fourth-order valence-corrected chi connectivity index (χ4v) is 8.62. The summed E-state index contributed by atoms with van der Waals surface area (Å²) in [7, 11) is 1.55. The minimum absolute atomic E-state index is 0.184. The average Bonchev–Trinajstić information content (AvgIpc) is 3.55. The van der Waals surface area contributed by atoms with Crippen molar-refractivity contribution in [3.63, 3.8) is 0 Å². The molecule has 1 fully saturated rings. The largest absolute Gasteiger partial charge is 0.493 e. The van der Waals surface area contributed by atoms with Gasteiger partial charge in [-0.2, -0.15) is 0 Å². The van der Waals surface area contributed by atoms with Crippen molar-refractivity contribution in [1.29, 1.82) is 0 Å². The van der Waals surface area contributed by atoms with Crippen LogP contribution in [0.1, 0.15) is 51.7 Å². The molecule has 0 atom stereocenters. The number of hydrogen-bond donors (Lipinski definition) is 1. The number of thiophene rings is 1. The smallest absolute Gasteiger partial charge is 0.341 e. The first-order chi connectivity index (χ1) is 22.8. The van der Waals surface area contributed by atoms with Gasteiger partial charge < -0.3 is 19.5 Å². The third-order valence-corrected chi connectivity index (χ3v) is 10.8. The monoisotopic (exact) mass is 782 g/mol. The van der Waals surface area contributed by atoms with Gasteiger partial charge in [0.05, 0.1) is 27.8 Å². The number of nitrogens with one attached hydrogen (secondary N) is 1. The standard InChI is InChI=1S/C35H31IN2O7S2/c1-3-44-34(41)30-24-13-6-7-14-27(24)46-32(30)37-29(39)18-38-33(40)28(47-35(38)42)17-20-15-25(36)31(26(16-20)43-2)45-19-22-11-8-10-21-9-4-5-12-23(21)22/h4-5,8-12,15-17H,3,6-7,13-14,18-19H2,1-2H3,(H,37,39)/b28-17+. The van der Waals surface area contributed by atoms with E-state index in [1.807, 2.05) is 30.3 Å². The molecule has 1 N–H and O–H groups in total. The second kappa shape index (κ2) is 14.5. The molecule has 1 aliphatic carbocycles. The van der Waals surface area contributed by atoms with Gasteiger partial charge in [0.2, 0.25) is 5.91 Å². The Bertz CT molecular complexity index is 1930. The number of thioether (sulfide) groups is 1. The number of anilines is 1. The van der Waals surface area contributed by atoms with E-state index in [0.29, 0.717) is 34.2 Å². The maximum absolute atomic E-state index is 13.3. The summed E-state index contributed by atoms with van der Waals surface area (Å²) in [5.41, 5.74) is 2.97. The van der Waals surface area contributed by atoms with Crippen LogP contribution in [0.2, 0.25) is 0 Å². The number of ether oxygens (including phenoxy) is 3. The summed E-state index contributed by atoms with van der Waals surface area (Å²) in [4.78, 5) is 54.2. The second-order valence-electron chi connectivity index (χ2n) is 10.9. The highest BCUT2D eigenvalue weighted by molar-refractivity contribution is 14.1. The topological polar surface area (TPSA) is 111 Å². The number of imide groups is 1. The predicted octanol–water partition coefficient (Wildman–Crippen LogP) is 7.82. The zero-order valence-electron chi connectivity index (χ0n) is 25.7. The van der Waals surface area contributed by atoms with Gasteiger partial charge in [-0.15, -0.1) is 11.3 Å². The fraction of sp³-hybridized carbons (Fsp3) is 0.257. The van der Waals surface area contributed by atoms with Gasteiger partial charge in [-0.05, 0) is 113 Å². The molecule has 0 bridgehead atoms. The molecule has 0 radical (unpaired) electrons. The molecule has 0 spiro atoms. The molecule has 9 nitrogen and oxygen atoms in total. The van der Waals surface area contributed by atoms with E-state index in [1.54, 1.807) is 26.2 Å². The Hall–Kier alpha value is -3.88. The Morgan fingerprint density at radius 1 is 1.06 bits per heavy atom. The number of carbonyl (C=O) groups excluding carboxylic acids is 4. The molecule has 4 aromatic rings. The number of hydrogen-bond acceptors (Lipinski definition) is 9. The van der Waals surface area contributed by atoms with E-state index < -0.39 is 29.6 Å². The van der Waals surface area contributed by atoms with Gasteiger partial charge in [-0.3, -0.25) is 19.3 Å². The molecule has 1 saturated heterocycles. The van der Waals surface area contributed by atoms with Crippen molar-refractivity contribution in [3.05, 3.63) is 90.2 Å². The summed E-state index contributed by atoms with van der Waals surface area (Å²) in [6.07, 6.45) is 5.15. The number of esters is 1. The molecule has 3 amide bonds. The normalized spacial score (nSPS) is 15.2. The minimum atomic E-state index is -0.573. The first-order valence-electron chi connectivity index (χ1n) is 15.1. The molecule has 0 unspecified atom stereocenters. The lowest BCUT2D eigenvalue weighted by Crippen LogP contribution is -2.36. The van der Waals surface area contributed by atoms with E-state index in [2.05, 4.69) is 46.1 Å². The summed E-state index contributed by atoms with van der Waals surface area (Å²) in [6, 6.07) is 17.8. The number of halogens is 1. The number of nitrogens with zero attached hydrogens (tertiary/aromatic N) is 1. The van der Waals surface area contributed by atoms with Crippen molar-refractivity contribution >= 4 is 90.6 Å². The maximum atomic E-state index is 13.3. The molecule has 1 aliphatic heterocycles. The van der Waals surface area contributed by atoms with Crippen molar-refractivity contribution in [2.45, 2.75) is 39.2 Å². The third kappa shape index (κ3) is 7.04. The number of fused-ring (bicyclic) bond motifs is 2. The highest BCUT2D eigenvalue weighted by Gasteiger charge is 2.37. The van der Waals surface area contributed by atoms with E-state index in [1.165, 1.54) is 11.3 Å². The number of methoxy groups -OCH3 is 1. The Kier molecular flexibility index (Phi) is 10.2. The predicted molar refractivity (Wildman–Crippen MR) is 192 cm³/mol. The van der Waals surface area contributed by atoms with E-state index in [4.69, 9.17) is 14.2 Å². The zero-order chi connectivity index (χ0) is 33.1. The minimum Gasteiger partial charge on any atom is -0.493 e. The van der Waals surface area contributed by atoms with Gasteiger partial charge in [-0.25, -0.2) is 4.79 Å². The Morgan fingerprint density at radius 2 is 1.85 bits per heavy atom. The van der Waals surface area contributed by atoms with Gasteiger partial charge >= 0.3 is 5.97 Å². The molecular formula is C35H31IN2O7S2. The van der Waals surface area contributed by atoms with Gasteiger partial charge in [0.15, 0.2) is 11.5 Å². The van der Waals surface area contributed by atoms with Crippen LogP contribution in [0.3, 0.4) is 0 Å². The molecule has 2 heterocycles. The van der Waals surface area contributed by atoms with Crippen LogP contribution < -0.4 is 14.8 Å². The number of benzene rings is 3. The Labute approximate surface area is 293 Å². The van der Waals surface area contributed by atoms with Crippen molar-refractivity contribution in [1.82, 2.24) is 4.90 Å². The number of carbonyl (C=O) groups is 4. The molecule has 1 aromatic heterocycles. The van der Waals surface area contributed by atoms with Crippen LogP contribution in [0.4, 0.5) is 9.80 Å². The second-order valence-corrected chi connectivity index (χ2v) is 14.2. The van der Waals surface area contributed by atoms with Crippen LogP contribution in [0, 0.1) is 3.57 Å². The summed E-state index contributed by atoms with van der Waals surface area (Å²) in [6.45, 7) is 1.80. The fourth-order valence-electron chi connectivity index (χ4n) is 5.70. The molecule has 0 saturated carbocycles. The first-order valence-corrected chi connectivity index (χ1v) is 17.8. The Morgan fingerprint density at radius 3 is 2.66 bits per heavy atom. The molecular weight excluding hydrogens is 751 g/mol. The average molecular weight is 783 g/mol. The van der Waals surface area contributed by atoms with Crippen LogP contribution in [0.25, 0.3) is 16.8 Å². The number of rotatable bonds is 10. The maximum Gasteiger partial charge on any atom is 0.341 e. The molecule has 6 rings (SSSR count). The summed E-state index contributed by atoms with van der Waals surface area (Å²) < 4.78 is 17.9. The van der Waals surface area contributed by atoms with Crippen molar-refractivity contribution in [3.8, 4) is 11.5 Å². The SMILES string of the molecule is CCOC(=O)c1c(NC(=O)CN2C(=O)S/C(=C/c3cc(I)c(OCc4cccc5ccccc45)c(OC)c3)C2=O)sc2c1CCCC2. The lowest BCUT2D eigenvalue weighted by molar-refractivity contribution is -0.127. The lowest BCUT2D eigenvalue weighted by Gasteiger charge is -2.15. The van der Waals surface area contributed by atoms with Crippen LogP contribution in [-0.4, -0.2) is 48.2 Å². The highest BCUT2D eigenvalue weighted by atomic mass is 127. The Balaban J connectivity index is 1.16. The van der Waals surface area contributed by atoms with Crippen LogP contribution >= 0.6 is 45.7 Å². The van der Waals surface area contributed by atoms with Gasteiger partial charge in [0.1, 0.15) is 18.2 Å². The van der Waals surface area contributed by atoms with Crippen molar-refractivity contribution in [2.75, 3.05) is 25.6 Å². The van der Waals surface area contributed by atoms with Crippen molar-refractivity contribution in [2.24, 2.45) is 0 Å². The summed E-state index contributed by atoms with van der Waals surface area (Å²) in [5.74, 6) is -0.567. The summed E-state index contributed by atoms with van der Waals surface area (Å²) in [5, 5.41) is 4.86. The van der Waals surface area contributed by atoms with Crippen LogP contribution in [0.5, 0.6) is 11.5 Å². The van der Waals surface area contributed by atoms with Crippen molar-refractivity contribution < 1.29 is 33.4 Å². The molecule has 12 heteroatoms. The van der Waals surface area contributed by atoms with E-state index in [-0.39, 0.29) is 11.5 Å². The quantitative estimate of drug-likeness (QED) is 0.0986. The van der Waals surface area contributed by atoms with E-state index >= 15 is 0 Å². The van der Waals surface area contributed by atoms with Crippen LogP contribution in [-0.2, 0) is 33.8 Å². The molecule has 242 valence electrons. The van der Waals surface area contributed by atoms with Gasteiger partial charge in [-0.1, -0.05) is 42.5 Å².